The number of amides is 1. The number of rotatable bonds is 6. The highest BCUT2D eigenvalue weighted by molar-refractivity contribution is 5.82. The summed E-state index contributed by atoms with van der Waals surface area (Å²) in [6.07, 6.45) is 4.73. The molecule has 1 rings (SSSR count). The van der Waals surface area contributed by atoms with Gasteiger partial charge in [-0.2, -0.15) is 0 Å². The predicted octanol–water partition coefficient (Wildman–Crippen LogP) is 0.748. The maximum Gasteiger partial charge on any atom is 0.239 e. The fraction of sp³-hybridized carbons (Fsp3) is 0.917. The van der Waals surface area contributed by atoms with Crippen LogP contribution in [0.15, 0.2) is 0 Å². The zero-order valence-electron chi connectivity index (χ0n) is 10.4. The third kappa shape index (κ3) is 3.76. The van der Waals surface area contributed by atoms with E-state index in [1.807, 2.05) is 7.05 Å². The van der Waals surface area contributed by atoms with Gasteiger partial charge in [-0.1, -0.05) is 26.2 Å². The van der Waals surface area contributed by atoms with Gasteiger partial charge in [0.15, 0.2) is 0 Å². The van der Waals surface area contributed by atoms with Crippen molar-refractivity contribution in [3.05, 3.63) is 0 Å². The number of nitrogens with zero attached hydrogens (tertiary/aromatic N) is 1. The van der Waals surface area contributed by atoms with Gasteiger partial charge in [0.25, 0.3) is 0 Å². The number of likely N-dealkylation sites (tertiary alicyclic amines) is 1. The maximum absolute atomic E-state index is 12.1. The summed E-state index contributed by atoms with van der Waals surface area (Å²) in [5.41, 5.74) is 0. The smallest absolute Gasteiger partial charge is 0.239 e. The van der Waals surface area contributed by atoms with Crippen LogP contribution < -0.4 is 5.32 Å². The highest BCUT2D eigenvalue weighted by Crippen LogP contribution is 2.13. The van der Waals surface area contributed by atoms with Crippen molar-refractivity contribution in [2.24, 2.45) is 0 Å². The van der Waals surface area contributed by atoms with E-state index in [1.165, 1.54) is 12.8 Å². The van der Waals surface area contributed by atoms with Gasteiger partial charge >= 0.3 is 0 Å². The third-order valence-corrected chi connectivity index (χ3v) is 3.22. The third-order valence-electron chi connectivity index (χ3n) is 3.22. The fourth-order valence-electron chi connectivity index (χ4n) is 2.15. The molecule has 0 aromatic rings. The van der Waals surface area contributed by atoms with Crippen LogP contribution in [0.3, 0.4) is 0 Å². The summed E-state index contributed by atoms with van der Waals surface area (Å²) in [5.74, 6) is 0.148. The molecular formula is C12H24N2O2. The standard InChI is InChI=1S/C12H24N2O2/c1-3-4-5-6-11(13-2)12(16)14-8-7-10(15)9-14/h10-11,13,15H,3-9H2,1-2H3/t10?,11-/m0/s1. The number of unbranched alkanes of at least 4 members (excludes halogenated alkanes) is 2. The Bertz CT molecular complexity index is 221. The Labute approximate surface area is 98.0 Å². The van der Waals surface area contributed by atoms with E-state index in [9.17, 15) is 9.90 Å². The normalized spacial score (nSPS) is 22.4. The first kappa shape index (κ1) is 13.5. The van der Waals surface area contributed by atoms with E-state index >= 15 is 0 Å². The number of aliphatic hydroxyl groups excluding tert-OH is 1. The molecule has 0 radical (unpaired) electrons. The number of β-amino-alcohol motifs (C(OH)–C–C–N with tert-alkyl or cyclic N) is 1. The molecule has 1 saturated heterocycles. The molecule has 94 valence electrons. The van der Waals surface area contributed by atoms with Gasteiger partial charge in [-0.15, -0.1) is 0 Å². The highest BCUT2D eigenvalue weighted by Gasteiger charge is 2.28. The van der Waals surface area contributed by atoms with Crippen molar-refractivity contribution in [3.8, 4) is 0 Å². The number of nitrogens with one attached hydrogen (secondary N) is 1. The fourth-order valence-corrected chi connectivity index (χ4v) is 2.15. The molecule has 4 nitrogen and oxygen atoms in total. The molecule has 0 bridgehead atoms. The molecule has 2 atom stereocenters. The van der Waals surface area contributed by atoms with Gasteiger partial charge in [0.05, 0.1) is 12.1 Å². The van der Waals surface area contributed by atoms with E-state index in [-0.39, 0.29) is 18.1 Å². The topological polar surface area (TPSA) is 52.6 Å². The van der Waals surface area contributed by atoms with Gasteiger partial charge in [0, 0.05) is 13.1 Å². The molecule has 0 spiro atoms. The van der Waals surface area contributed by atoms with Crippen LogP contribution in [0.2, 0.25) is 0 Å². The lowest BCUT2D eigenvalue weighted by Crippen LogP contribution is -2.44. The van der Waals surface area contributed by atoms with Crippen LogP contribution in [0, 0.1) is 0 Å². The molecule has 1 amide bonds. The molecule has 1 heterocycles. The van der Waals surface area contributed by atoms with E-state index in [1.54, 1.807) is 4.90 Å². The molecule has 0 aromatic heterocycles. The summed E-state index contributed by atoms with van der Waals surface area (Å²) in [5, 5.41) is 12.5. The Balaban J connectivity index is 2.36. The minimum absolute atomic E-state index is 0.0724. The van der Waals surface area contributed by atoms with Crippen molar-refractivity contribution in [2.75, 3.05) is 20.1 Å². The SMILES string of the molecule is CCCCC[C@H](NC)C(=O)N1CCC(O)C1. The second-order valence-corrected chi connectivity index (χ2v) is 4.56. The maximum atomic E-state index is 12.1. The van der Waals surface area contributed by atoms with Crippen molar-refractivity contribution in [3.63, 3.8) is 0 Å². The lowest BCUT2D eigenvalue weighted by Gasteiger charge is -2.22. The molecule has 1 aliphatic heterocycles. The molecule has 16 heavy (non-hydrogen) atoms. The van der Waals surface area contributed by atoms with E-state index in [0.717, 1.165) is 19.3 Å². The summed E-state index contributed by atoms with van der Waals surface area (Å²) < 4.78 is 0. The molecule has 0 saturated carbocycles. The largest absolute Gasteiger partial charge is 0.391 e. The second kappa shape index (κ2) is 6.86. The summed E-state index contributed by atoms with van der Waals surface area (Å²) in [6.45, 7) is 3.36. The van der Waals surface area contributed by atoms with Crippen LogP contribution in [0.25, 0.3) is 0 Å². The second-order valence-electron chi connectivity index (χ2n) is 4.56. The van der Waals surface area contributed by atoms with E-state index in [2.05, 4.69) is 12.2 Å². The number of aliphatic hydroxyl groups is 1. The molecule has 2 N–H and O–H groups in total. The van der Waals surface area contributed by atoms with Gasteiger partial charge < -0.3 is 15.3 Å². The minimum Gasteiger partial charge on any atom is -0.391 e. The summed E-state index contributed by atoms with van der Waals surface area (Å²) in [6, 6.07) is -0.0724. The Kier molecular flexibility index (Phi) is 5.77. The Morgan fingerprint density at radius 2 is 2.31 bits per heavy atom. The minimum atomic E-state index is -0.322. The average molecular weight is 228 g/mol. The van der Waals surface area contributed by atoms with Crippen molar-refractivity contribution in [2.45, 2.75) is 51.2 Å². The van der Waals surface area contributed by atoms with Gasteiger partial charge in [-0.3, -0.25) is 4.79 Å². The lowest BCUT2D eigenvalue weighted by atomic mass is 10.1. The molecule has 1 unspecified atom stereocenters. The van der Waals surface area contributed by atoms with Crippen molar-refractivity contribution in [1.29, 1.82) is 0 Å². The first-order valence-electron chi connectivity index (χ1n) is 6.33. The number of hydrogen-bond acceptors (Lipinski definition) is 3. The first-order valence-corrected chi connectivity index (χ1v) is 6.33. The molecule has 1 fully saturated rings. The monoisotopic (exact) mass is 228 g/mol. The van der Waals surface area contributed by atoms with Crippen LogP contribution in [-0.2, 0) is 4.79 Å². The van der Waals surface area contributed by atoms with Crippen molar-refractivity contribution < 1.29 is 9.90 Å². The number of hydrogen-bond donors (Lipinski definition) is 2. The van der Waals surface area contributed by atoms with Crippen LogP contribution in [0.5, 0.6) is 0 Å². The quantitative estimate of drug-likeness (QED) is 0.660. The zero-order valence-corrected chi connectivity index (χ0v) is 10.4. The molecule has 4 heteroatoms. The highest BCUT2D eigenvalue weighted by atomic mass is 16.3. The Hall–Kier alpha value is -0.610. The predicted molar refractivity (Wildman–Crippen MR) is 64.2 cm³/mol. The van der Waals surface area contributed by atoms with E-state index in [4.69, 9.17) is 0 Å². The molecule has 0 aromatic carbocycles. The van der Waals surface area contributed by atoms with E-state index in [0.29, 0.717) is 13.1 Å². The summed E-state index contributed by atoms with van der Waals surface area (Å²) in [7, 11) is 1.83. The van der Waals surface area contributed by atoms with Gasteiger partial charge in [-0.25, -0.2) is 0 Å². The van der Waals surface area contributed by atoms with Crippen LogP contribution in [-0.4, -0.2) is 48.2 Å². The van der Waals surface area contributed by atoms with Crippen LogP contribution >= 0.6 is 0 Å². The Morgan fingerprint density at radius 3 is 2.81 bits per heavy atom. The Morgan fingerprint density at radius 1 is 1.56 bits per heavy atom. The first-order chi connectivity index (χ1) is 7.69. The van der Waals surface area contributed by atoms with Crippen LogP contribution in [0.1, 0.15) is 39.0 Å². The molecule has 0 aliphatic carbocycles. The van der Waals surface area contributed by atoms with E-state index < -0.39 is 0 Å². The van der Waals surface area contributed by atoms with Gasteiger partial charge in [0.1, 0.15) is 0 Å². The zero-order chi connectivity index (χ0) is 12.0. The number of likely N-dealkylation sites (N-methyl/N-ethyl adjacent to an activating group) is 1. The molecule has 1 aliphatic rings. The number of carbonyl (C=O) groups excluding carboxylic acids is 1. The summed E-state index contributed by atoms with van der Waals surface area (Å²) in [4.78, 5) is 13.8. The van der Waals surface area contributed by atoms with Crippen molar-refractivity contribution >= 4 is 5.91 Å². The lowest BCUT2D eigenvalue weighted by molar-refractivity contribution is -0.132. The average Bonchev–Trinajstić information content (AvgIpc) is 2.70. The van der Waals surface area contributed by atoms with Gasteiger partial charge in [-0.05, 0) is 19.9 Å². The number of carbonyl (C=O) groups is 1. The van der Waals surface area contributed by atoms with Gasteiger partial charge in [0.2, 0.25) is 5.91 Å². The van der Waals surface area contributed by atoms with Crippen molar-refractivity contribution in [1.82, 2.24) is 10.2 Å². The van der Waals surface area contributed by atoms with Crippen LogP contribution in [0.4, 0.5) is 0 Å². The summed E-state index contributed by atoms with van der Waals surface area (Å²) >= 11 is 0. The molecular weight excluding hydrogens is 204 g/mol.